The fourth-order valence-corrected chi connectivity index (χ4v) is 2.45. The molecule has 0 bridgehead atoms. The van der Waals surface area contributed by atoms with E-state index in [1.165, 1.54) is 10.4 Å². The molecule has 1 rings (SSSR count). The number of hydrogen-bond donors (Lipinski definition) is 1. The van der Waals surface area contributed by atoms with Crippen molar-refractivity contribution >= 4 is 15.9 Å². The number of nitrogens with zero attached hydrogens (tertiary/aromatic N) is 1. The molecule has 98 valence electrons. The van der Waals surface area contributed by atoms with Crippen LogP contribution < -0.4 is 5.32 Å². The maximum Gasteiger partial charge on any atom is 0.223 e. The van der Waals surface area contributed by atoms with Crippen LogP contribution >= 0.6 is 0 Å². The number of nitrogens with one attached hydrogen (secondary N) is 1. The van der Waals surface area contributed by atoms with Crippen molar-refractivity contribution < 1.29 is 13.2 Å². The number of carbonyl (C=O) groups is 1. The number of sulfonamides is 1. The van der Waals surface area contributed by atoms with E-state index in [1.54, 1.807) is 0 Å². The molecule has 0 aromatic rings. The Hall–Kier alpha value is -0.880. The van der Waals surface area contributed by atoms with Crippen molar-refractivity contribution in [3.8, 4) is 0 Å². The standard InChI is InChI=1S/C11H20N2O3S/c1-3-8-13(17(2,15)16)9-7-12-11(14)10-5-4-6-10/h3,10H,1,4-9H2,2H3,(H,12,14). The summed E-state index contributed by atoms with van der Waals surface area (Å²) in [7, 11) is -3.23. The molecule has 1 N–H and O–H groups in total. The maximum atomic E-state index is 11.5. The molecule has 1 aliphatic rings. The molecular formula is C11H20N2O3S. The summed E-state index contributed by atoms with van der Waals surface area (Å²) in [6, 6.07) is 0. The zero-order valence-corrected chi connectivity index (χ0v) is 11.0. The first-order valence-electron chi connectivity index (χ1n) is 5.79. The van der Waals surface area contributed by atoms with Gasteiger partial charge in [0, 0.05) is 25.6 Å². The Balaban J connectivity index is 2.31. The van der Waals surface area contributed by atoms with E-state index in [4.69, 9.17) is 0 Å². The third-order valence-electron chi connectivity index (χ3n) is 2.94. The van der Waals surface area contributed by atoms with Crippen LogP contribution in [0.4, 0.5) is 0 Å². The second-order valence-corrected chi connectivity index (χ2v) is 6.31. The molecule has 0 spiro atoms. The summed E-state index contributed by atoms with van der Waals surface area (Å²) in [5, 5.41) is 2.77. The molecule has 1 aliphatic carbocycles. The van der Waals surface area contributed by atoms with Crippen molar-refractivity contribution in [3.63, 3.8) is 0 Å². The molecular weight excluding hydrogens is 240 g/mol. The monoisotopic (exact) mass is 260 g/mol. The topological polar surface area (TPSA) is 66.5 Å². The molecule has 17 heavy (non-hydrogen) atoms. The minimum absolute atomic E-state index is 0.0447. The van der Waals surface area contributed by atoms with E-state index in [-0.39, 0.29) is 18.4 Å². The largest absolute Gasteiger partial charge is 0.355 e. The second-order valence-electron chi connectivity index (χ2n) is 4.33. The van der Waals surface area contributed by atoms with Crippen LogP contribution in [0.25, 0.3) is 0 Å². The Labute approximate surface area is 103 Å². The van der Waals surface area contributed by atoms with Crippen LogP contribution in [0.15, 0.2) is 12.7 Å². The molecule has 0 atom stereocenters. The number of amides is 1. The molecule has 0 radical (unpaired) electrons. The molecule has 0 unspecified atom stereocenters. The molecule has 0 aliphatic heterocycles. The second kappa shape index (κ2) is 6.16. The number of carbonyl (C=O) groups excluding carboxylic acids is 1. The fraction of sp³-hybridized carbons (Fsp3) is 0.727. The van der Waals surface area contributed by atoms with Crippen LogP contribution in [0, 0.1) is 5.92 Å². The zero-order chi connectivity index (χ0) is 12.9. The lowest BCUT2D eigenvalue weighted by atomic mass is 9.85. The first-order valence-corrected chi connectivity index (χ1v) is 7.63. The average Bonchev–Trinajstić information content (AvgIpc) is 2.12. The Kier molecular flexibility index (Phi) is 5.14. The van der Waals surface area contributed by atoms with E-state index in [9.17, 15) is 13.2 Å². The predicted molar refractivity (Wildman–Crippen MR) is 67.0 cm³/mol. The highest BCUT2D eigenvalue weighted by molar-refractivity contribution is 7.88. The summed E-state index contributed by atoms with van der Waals surface area (Å²) in [6.45, 7) is 4.44. The molecule has 1 fully saturated rings. The van der Waals surface area contributed by atoms with Crippen LogP contribution in [0.3, 0.4) is 0 Å². The van der Waals surface area contributed by atoms with Crippen LogP contribution in [-0.4, -0.2) is 44.5 Å². The van der Waals surface area contributed by atoms with Gasteiger partial charge in [0.15, 0.2) is 0 Å². The SMILES string of the molecule is C=CCN(CCNC(=O)C1CCC1)S(C)(=O)=O. The summed E-state index contributed by atoms with van der Waals surface area (Å²) >= 11 is 0. The van der Waals surface area contributed by atoms with Gasteiger partial charge in [-0.2, -0.15) is 4.31 Å². The van der Waals surface area contributed by atoms with Gasteiger partial charge >= 0.3 is 0 Å². The van der Waals surface area contributed by atoms with E-state index >= 15 is 0 Å². The highest BCUT2D eigenvalue weighted by atomic mass is 32.2. The van der Waals surface area contributed by atoms with Crippen molar-refractivity contribution in [2.24, 2.45) is 5.92 Å². The summed E-state index contributed by atoms with van der Waals surface area (Å²) in [5.41, 5.74) is 0. The lowest BCUT2D eigenvalue weighted by Gasteiger charge is -2.25. The summed E-state index contributed by atoms with van der Waals surface area (Å²) in [4.78, 5) is 11.5. The molecule has 1 saturated carbocycles. The molecule has 0 heterocycles. The van der Waals surface area contributed by atoms with Crippen molar-refractivity contribution in [1.29, 1.82) is 0 Å². The Morgan fingerprint density at radius 2 is 2.18 bits per heavy atom. The van der Waals surface area contributed by atoms with Gasteiger partial charge in [-0.25, -0.2) is 8.42 Å². The Morgan fingerprint density at radius 1 is 1.53 bits per heavy atom. The normalized spacial score (nSPS) is 16.6. The lowest BCUT2D eigenvalue weighted by Crippen LogP contribution is -2.41. The van der Waals surface area contributed by atoms with Gasteiger partial charge in [-0.1, -0.05) is 12.5 Å². The third-order valence-corrected chi connectivity index (χ3v) is 4.21. The Morgan fingerprint density at radius 3 is 2.59 bits per heavy atom. The van der Waals surface area contributed by atoms with E-state index in [0.29, 0.717) is 13.1 Å². The van der Waals surface area contributed by atoms with Gasteiger partial charge in [0.05, 0.1) is 6.26 Å². The zero-order valence-electron chi connectivity index (χ0n) is 10.2. The van der Waals surface area contributed by atoms with Crippen molar-refractivity contribution in [1.82, 2.24) is 9.62 Å². The minimum atomic E-state index is -3.23. The predicted octanol–water partition coefficient (Wildman–Crippen LogP) is 0.350. The van der Waals surface area contributed by atoms with Gasteiger partial charge in [-0.3, -0.25) is 4.79 Å². The molecule has 6 heteroatoms. The van der Waals surface area contributed by atoms with E-state index in [2.05, 4.69) is 11.9 Å². The first-order chi connectivity index (χ1) is 7.95. The van der Waals surface area contributed by atoms with Crippen molar-refractivity contribution in [2.75, 3.05) is 25.9 Å². The van der Waals surface area contributed by atoms with Crippen molar-refractivity contribution in [3.05, 3.63) is 12.7 Å². The minimum Gasteiger partial charge on any atom is -0.355 e. The fourth-order valence-electron chi connectivity index (χ4n) is 1.66. The average molecular weight is 260 g/mol. The molecule has 1 amide bonds. The summed E-state index contributed by atoms with van der Waals surface area (Å²) < 4.78 is 24.0. The van der Waals surface area contributed by atoms with Gasteiger partial charge in [-0.15, -0.1) is 6.58 Å². The molecule has 0 aromatic heterocycles. The highest BCUT2D eigenvalue weighted by Crippen LogP contribution is 2.25. The molecule has 0 aromatic carbocycles. The first kappa shape index (κ1) is 14.2. The smallest absolute Gasteiger partial charge is 0.223 e. The van der Waals surface area contributed by atoms with Crippen LogP contribution in [0.2, 0.25) is 0 Å². The number of hydrogen-bond acceptors (Lipinski definition) is 3. The quantitative estimate of drug-likeness (QED) is 0.672. The van der Waals surface area contributed by atoms with Gasteiger partial charge in [0.1, 0.15) is 0 Å². The van der Waals surface area contributed by atoms with E-state index in [1.807, 2.05) is 0 Å². The van der Waals surface area contributed by atoms with E-state index < -0.39 is 10.0 Å². The van der Waals surface area contributed by atoms with Crippen LogP contribution in [0.5, 0.6) is 0 Å². The molecule has 0 saturated heterocycles. The van der Waals surface area contributed by atoms with Gasteiger partial charge in [0.2, 0.25) is 15.9 Å². The summed E-state index contributed by atoms with van der Waals surface area (Å²) in [6.07, 6.45) is 5.71. The number of rotatable bonds is 7. The van der Waals surface area contributed by atoms with Crippen LogP contribution in [-0.2, 0) is 14.8 Å². The van der Waals surface area contributed by atoms with E-state index in [0.717, 1.165) is 25.5 Å². The maximum absolute atomic E-state index is 11.5. The summed E-state index contributed by atoms with van der Waals surface area (Å²) in [5.74, 6) is 0.185. The Bertz CT molecular complexity index is 374. The van der Waals surface area contributed by atoms with Gasteiger partial charge in [-0.05, 0) is 12.8 Å². The van der Waals surface area contributed by atoms with Crippen molar-refractivity contribution in [2.45, 2.75) is 19.3 Å². The third kappa shape index (κ3) is 4.47. The highest BCUT2D eigenvalue weighted by Gasteiger charge is 2.25. The van der Waals surface area contributed by atoms with Gasteiger partial charge < -0.3 is 5.32 Å². The lowest BCUT2D eigenvalue weighted by molar-refractivity contribution is -0.127. The molecule has 5 nitrogen and oxygen atoms in total. The van der Waals surface area contributed by atoms with Crippen LogP contribution in [0.1, 0.15) is 19.3 Å². The van der Waals surface area contributed by atoms with Gasteiger partial charge in [0.25, 0.3) is 0 Å².